The van der Waals surface area contributed by atoms with Crippen LogP contribution in [0, 0.1) is 5.92 Å². The molecule has 29 heavy (non-hydrogen) atoms. The molecule has 0 bridgehead atoms. The van der Waals surface area contributed by atoms with Crippen LogP contribution in [-0.2, 0) is 27.5 Å². The summed E-state index contributed by atoms with van der Waals surface area (Å²) in [6.07, 6.45) is 4.51. The smallest absolute Gasteiger partial charge is 0.320 e. The van der Waals surface area contributed by atoms with Gasteiger partial charge in [0.15, 0.2) is 0 Å². The monoisotopic (exact) mass is 443 g/mol. The molecular weight excluding hydrogens is 417 g/mol. The van der Waals surface area contributed by atoms with Crippen LogP contribution in [0.4, 0.5) is 0 Å². The molecule has 0 spiro atoms. The minimum Gasteiger partial charge on any atom is -0.480 e. The van der Waals surface area contributed by atoms with Crippen molar-refractivity contribution in [1.82, 2.24) is 14.9 Å². The highest BCUT2D eigenvalue weighted by atomic mass is 35.5. The van der Waals surface area contributed by atoms with E-state index in [2.05, 4.69) is 10.3 Å². The normalized spacial score (nSPS) is 13.6. The Kier molecular flexibility index (Phi) is 9.39. The number of hydrogen-bond acceptors (Lipinski definition) is 5. The van der Waals surface area contributed by atoms with Gasteiger partial charge < -0.3 is 9.67 Å². The SMILES string of the molecule is COOCC(Cc1cncn1Cc1cc(Cl)cc(Cl)c1)NC(CC(C)C)C(=O)O. The third-order valence-electron chi connectivity index (χ3n) is 4.36. The van der Waals surface area contributed by atoms with E-state index in [4.69, 9.17) is 33.0 Å². The number of hydrogen-bond donors (Lipinski definition) is 2. The van der Waals surface area contributed by atoms with Crippen LogP contribution in [0.25, 0.3) is 0 Å². The number of imidazole rings is 1. The molecule has 1 heterocycles. The van der Waals surface area contributed by atoms with Crippen molar-refractivity contribution in [3.8, 4) is 0 Å². The molecule has 0 radical (unpaired) electrons. The van der Waals surface area contributed by atoms with Crippen LogP contribution in [-0.4, -0.2) is 46.4 Å². The fourth-order valence-corrected chi connectivity index (χ4v) is 3.70. The van der Waals surface area contributed by atoms with Crippen LogP contribution in [0.3, 0.4) is 0 Å². The van der Waals surface area contributed by atoms with Crippen molar-refractivity contribution in [3.05, 3.63) is 52.0 Å². The number of carboxylic acid groups (broad SMARTS) is 1. The number of aromatic nitrogens is 2. The van der Waals surface area contributed by atoms with Gasteiger partial charge in [-0.2, -0.15) is 0 Å². The lowest BCUT2D eigenvalue weighted by atomic mass is 10.0. The van der Waals surface area contributed by atoms with Crippen molar-refractivity contribution in [3.63, 3.8) is 0 Å². The van der Waals surface area contributed by atoms with E-state index in [1.807, 2.05) is 30.5 Å². The second-order valence-corrected chi connectivity index (χ2v) is 8.20. The standard InChI is InChI=1S/C20H27Cl2N3O4/c1-13(2)4-19(20(26)27)24-17(11-29-28-3)8-18-9-23-12-25(18)10-14-5-15(21)7-16(22)6-14/h5-7,9,12-13,17,19,24H,4,8,10-11H2,1-3H3,(H,26,27). The number of halogens is 2. The average molecular weight is 444 g/mol. The zero-order valence-electron chi connectivity index (χ0n) is 16.8. The summed E-state index contributed by atoms with van der Waals surface area (Å²) in [6.45, 7) is 4.72. The Hall–Kier alpha value is -1.64. The van der Waals surface area contributed by atoms with Crippen molar-refractivity contribution in [2.75, 3.05) is 13.7 Å². The summed E-state index contributed by atoms with van der Waals surface area (Å²) >= 11 is 12.2. The van der Waals surface area contributed by atoms with E-state index < -0.39 is 12.0 Å². The van der Waals surface area contributed by atoms with Crippen LogP contribution in [0.2, 0.25) is 10.0 Å². The van der Waals surface area contributed by atoms with E-state index in [1.165, 1.54) is 7.11 Å². The second-order valence-electron chi connectivity index (χ2n) is 7.33. The van der Waals surface area contributed by atoms with Crippen LogP contribution in [0.1, 0.15) is 31.5 Å². The van der Waals surface area contributed by atoms with Crippen molar-refractivity contribution in [1.29, 1.82) is 0 Å². The summed E-state index contributed by atoms with van der Waals surface area (Å²) in [5.41, 5.74) is 1.87. The molecule has 2 aromatic rings. The molecule has 7 nitrogen and oxygen atoms in total. The summed E-state index contributed by atoms with van der Waals surface area (Å²) in [6, 6.07) is 4.44. The van der Waals surface area contributed by atoms with Gasteiger partial charge in [0, 0.05) is 40.9 Å². The van der Waals surface area contributed by atoms with Crippen LogP contribution < -0.4 is 5.32 Å². The van der Waals surface area contributed by atoms with Crippen molar-refractivity contribution < 1.29 is 19.7 Å². The first kappa shape index (κ1) is 23.6. The first-order valence-electron chi connectivity index (χ1n) is 9.37. The molecule has 1 aromatic heterocycles. The van der Waals surface area contributed by atoms with E-state index in [0.29, 0.717) is 29.4 Å². The third kappa shape index (κ3) is 7.95. The molecule has 0 saturated heterocycles. The van der Waals surface area contributed by atoms with Gasteiger partial charge in [0.05, 0.1) is 20.0 Å². The number of carboxylic acids is 1. The maximum Gasteiger partial charge on any atom is 0.320 e. The van der Waals surface area contributed by atoms with E-state index in [-0.39, 0.29) is 18.6 Å². The first-order chi connectivity index (χ1) is 13.8. The topological polar surface area (TPSA) is 85.6 Å². The predicted molar refractivity (Wildman–Crippen MR) is 112 cm³/mol. The van der Waals surface area contributed by atoms with Crippen molar-refractivity contribution in [2.45, 2.75) is 45.3 Å². The molecule has 2 rings (SSSR count). The highest BCUT2D eigenvalue weighted by Crippen LogP contribution is 2.20. The van der Waals surface area contributed by atoms with Crippen molar-refractivity contribution in [2.24, 2.45) is 5.92 Å². The second kappa shape index (κ2) is 11.5. The minimum atomic E-state index is -0.886. The van der Waals surface area contributed by atoms with Gasteiger partial charge in [-0.15, -0.1) is 0 Å². The Morgan fingerprint density at radius 2 is 1.97 bits per heavy atom. The van der Waals surface area contributed by atoms with E-state index in [0.717, 1.165) is 11.3 Å². The molecule has 1 aromatic carbocycles. The fraction of sp³-hybridized carbons (Fsp3) is 0.500. The molecule has 2 atom stereocenters. The number of rotatable bonds is 12. The lowest BCUT2D eigenvalue weighted by Gasteiger charge is -2.24. The third-order valence-corrected chi connectivity index (χ3v) is 4.79. The Balaban J connectivity index is 2.14. The summed E-state index contributed by atoms with van der Waals surface area (Å²) in [7, 11) is 1.42. The molecule has 0 aliphatic rings. The van der Waals surface area contributed by atoms with Gasteiger partial charge in [0.1, 0.15) is 6.04 Å². The average Bonchev–Trinajstić information content (AvgIpc) is 3.04. The number of carbonyl (C=O) groups is 1. The van der Waals surface area contributed by atoms with Gasteiger partial charge in [-0.05, 0) is 36.1 Å². The fourth-order valence-electron chi connectivity index (χ4n) is 3.12. The maximum atomic E-state index is 11.6. The van der Waals surface area contributed by atoms with Gasteiger partial charge >= 0.3 is 5.97 Å². The molecule has 0 saturated carbocycles. The van der Waals surface area contributed by atoms with Crippen LogP contribution in [0.5, 0.6) is 0 Å². The lowest BCUT2D eigenvalue weighted by Crippen LogP contribution is -2.47. The van der Waals surface area contributed by atoms with Crippen molar-refractivity contribution >= 4 is 29.2 Å². The van der Waals surface area contributed by atoms with Gasteiger partial charge in [-0.3, -0.25) is 10.1 Å². The minimum absolute atomic E-state index is 0.201. The van der Waals surface area contributed by atoms with Crippen LogP contribution in [0.15, 0.2) is 30.7 Å². The van der Waals surface area contributed by atoms with Gasteiger partial charge in [0.25, 0.3) is 0 Å². The maximum absolute atomic E-state index is 11.6. The van der Waals surface area contributed by atoms with Gasteiger partial charge in [-0.1, -0.05) is 37.0 Å². The Bertz CT molecular complexity index is 778. The molecule has 0 aliphatic carbocycles. The summed E-state index contributed by atoms with van der Waals surface area (Å²) in [5.74, 6) is -0.645. The molecule has 0 fully saturated rings. The number of nitrogens with one attached hydrogen (secondary N) is 1. The number of aliphatic carboxylic acids is 1. The van der Waals surface area contributed by atoms with Crippen LogP contribution >= 0.6 is 23.2 Å². The Morgan fingerprint density at radius 3 is 2.55 bits per heavy atom. The van der Waals surface area contributed by atoms with E-state index >= 15 is 0 Å². The Labute approximate surface area is 180 Å². The molecule has 0 amide bonds. The molecule has 2 unspecified atom stereocenters. The summed E-state index contributed by atoms with van der Waals surface area (Å²) in [4.78, 5) is 25.7. The van der Waals surface area contributed by atoms with Gasteiger partial charge in [-0.25, -0.2) is 14.8 Å². The zero-order chi connectivity index (χ0) is 21.4. The molecule has 2 N–H and O–H groups in total. The van der Waals surface area contributed by atoms with E-state index in [1.54, 1.807) is 18.6 Å². The predicted octanol–water partition coefficient (Wildman–Crippen LogP) is 3.82. The van der Waals surface area contributed by atoms with E-state index in [9.17, 15) is 9.90 Å². The molecule has 0 aliphatic heterocycles. The summed E-state index contributed by atoms with van der Waals surface area (Å²) < 4.78 is 1.97. The van der Waals surface area contributed by atoms with Gasteiger partial charge in [0.2, 0.25) is 0 Å². The number of benzene rings is 1. The lowest BCUT2D eigenvalue weighted by molar-refractivity contribution is -0.276. The quantitative estimate of drug-likeness (QED) is 0.383. The number of nitrogens with zero attached hydrogens (tertiary/aromatic N) is 2. The molecular formula is C20H27Cl2N3O4. The highest BCUT2D eigenvalue weighted by molar-refractivity contribution is 6.34. The first-order valence-corrected chi connectivity index (χ1v) is 10.1. The Morgan fingerprint density at radius 1 is 1.28 bits per heavy atom. The molecule has 160 valence electrons. The molecule has 9 heteroatoms. The zero-order valence-corrected chi connectivity index (χ0v) is 18.3. The largest absolute Gasteiger partial charge is 0.480 e. The summed E-state index contributed by atoms with van der Waals surface area (Å²) in [5, 5.41) is 13.9. The highest BCUT2D eigenvalue weighted by Gasteiger charge is 2.24.